The Morgan fingerprint density at radius 2 is 1.14 bits per heavy atom. The van der Waals surface area contributed by atoms with Gasteiger partial charge in [0.25, 0.3) is 0 Å². The van der Waals surface area contributed by atoms with Gasteiger partial charge in [0.1, 0.15) is 0 Å². The van der Waals surface area contributed by atoms with Crippen molar-refractivity contribution in [2.75, 3.05) is 0 Å². The molecular formula is FeO5P. The predicted molar refractivity (Wildman–Crippen MR) is 8.29 cm³/mol. The van der Waals surface area contributed by atoms with Crippen molar-refractivity contribution < 1.29 is 41.8 Å². The first kappa shape index (κ1) is 15.6. The van der Waals surface area contributed by atoms with E-state index in [9.17, 15) is 0 Å². The number of hydrogen-bond acceptors (Lipinski definition) is 4. The van der Waals surface area contributed by atoms with E-state index in [-0.39, 0.29) is 22.5 Å². The third kappa shape index (κ3) is 399. The molecule has 0 amide bonds. The van der Waals surface area contributed by atoms with Crippen molar-refractivity contribution in [1.29, 1.82) is 0 Å². The molecule has 0 fully saturated rings. The minimum absolute atomic E-state index is 0. The van der Waals surface area contributed by atoms with E-state index >= 15 is 0 Å². The van der Waals surface area contributed by atoms with E-state index in [0.29, 0.717) is 0 Å². The summed E-state index contributed by atoms with van der Waals surface area (Å²) < 4.78 is 8.55. The van der Waals surface area contributed by atoms with Gasteiger partial charge in [-0.1, -0.05) is 0 Å². The Hall–Kier alpha value is 0.589. The van der Waals surface area contributed by atoms with E-state index in [0.717, 1.165) is 0 Å². The fourth-order valence-electron chi connectivity index (χ4n) is 0. The zero-order valence-electron chi connectivity index (χ0n) is 2.84. The normalized spacial score (nSPS) is 8.43. The Kier molecular flexibility index (Phi) is 10.6. The molecule has 0 unspecified atom stereocenters. The van der Waals surface area contributed by atoms with Crippen LogP contribution in [0.15, 0.2) is 0 Å². The van der Waals surface area contributed by atoms with Crippen LogP contribution in [0.5, 0.6) is 0 Å². The Bertz CT molecular complexity index is 54.2. The minimum Gasteiger partial charge on any atom is -2.00 e. The van der Waals surface area contributed by atoms with Crippen LogP contribution in [0, 0.1) is 0 Å². The van der Waals surface area contributed by atoms with Crippen LogP contribution in [0.2, 0.25) is 0 Å². The Labute approximate surface area is 50.4 Å². The summed E-state index contributed by atoms with van der Waals surface area (Å²) >= 11 is 0. The molecule has 0 saturated heterocycles. The van der Waals surface area contributed by atoms with Gasteiger partial charge in [-0.2, -0.15) is 7.82 Å². The smallest absolute Gasteiger partial charge is 2.00 e. The van der Waals surface area contributed by atoms with E-state index in [1.807, 2.05) is 0 Å². The van der Waals surface area contributed by atoms with Crippen LogP contribution in [0.1, 0.15) is 0 Å². The fraction of sp³-hybridized carbons (Fsp3) is 0. The molecule has 0 rings (SSSR count). The Morgan fingerprint density at radius 3 is 1.14 bits per heavy atom. The van der Waals surface area contributed by atoms with Gasteiger partial charge >= 0.3 is 17.1 Å². The van der Waals surface area contributed by atoms with Gasteiger partial charge in [-0.15, -0.1) is 0 Å². The molecule has 0 aromatic rings. The summed E-state index contributed by atoms with van der Waals surface area (Å²) in [6.07, 6.45) is 0. The molecule has 5 nitrogen and oxygen atoms in total. The van der Waals surface area contributed by atoms with Crippen LogP contribution in [0.4, 0.5) is 0 Å². The first-order chi connectivity index (χ1) is 2.00. The standard InChI is InChI=1S/Fe.H3O4P.O/c;1-5(2,3)4;/h;(H3,1,2,3,4);/q+5;;-2/p-3. The molecule has 0 spiro atoms. The molecule has 0 N–H and O–H groups in total. The molecule has 7 heavy (non-hydrogen) atoms. The van der Waals surface area contributed by atoms with E-state index in [2.05, 4.69) is 0 Å². The monoisotopic (exact) mass is 167 g/mol. The van der Waals surface area contributed by atoms with Gasteiger partial charge in [-0.05, 0) is 0 Å². The van der Waals surface area contributed by atoms with E-state index in [1.54, 1.807) is 0 Å². The van der Waals surface area contributed by atoms with Crippen molar-refractivity contribution in [1.82, 2.24) is 0 Å². The molecule has 0 saturated carbocycles. The van der Waals surface area contributed by atoms with Crippen LogP contribution < -0.4 is 14.7 Å². The minimum atomic E-state index is -5.39. The third-order valence-electron chi connectivity index (χ3n) is 0. The molecule has 7 heteroatoms. The molecular weight excluding hydrogens is 167 g/mol. The zero-order chi connectivity index (χ0) is 4.50. The van der Waals surface area contributed by atoms with Crippen molar-refractivity contribution >= 4 is 7.82 Å². The van der Waals surface area contributed by atoms with Crippen molar-refractivity contribution in [3.05, 3.63) is 0 Å². The van der Waals surface area contributed by atoms with Crippen LogP contribution in [0.3, 0.4) is 0 Å². The topological polar surface area (TPSA) is 115 Å². The van der Waals surface area contributed by atoms with Crippen molar-refractivity contribution in [3.8, 4) is 0 Å². The summed E-state index contributed by atoms with van der Waals surface area (Å²) in [6, 6.07) is 0. The molecule has 0 aromatic carbocycles. The maximum absolute atomic E-state index is 8.55. The van der Waals surface area contributed by atoms with Gasteiger partial charge in [-0.3, -0.25) is 0 Å². The van der Waals surface area contributed by atoms with E-state index < -0.39 is 7.82 Å². The van der Waals surface area contributed by atoms with Gasteiger partial charge < -0.3 is 24.7 Å². The van der Waals surface area contributed by atoms with Crippen LogP contribution in [0.25, 0.3) is 0 Å². The summed E-state index contributed by atoms with van der Waals surface area (Å²) in [5.74, 6) is 0. The average Bonchev–Trinajstić information content (AvgIpc) is 0.722. The summed E-state index contributed by atoms with van der Waals surface area (Å²) in [5, 5.41) is 0. The molecule has 43 valence electrons. The molecule has 0 heterocycles. The summed E-state index contributed by atoms with van der Waals surface area (Å²) in [7, 11) is -5.39. The molecule has 0 aliphatic carbocycles. The van der Waals surface area contributed by atoms with Crippen LogP contribution in [-0.2, 0) is 27.1 Å². The van der Waals surface area contributed by atoms with Gasteiger partial charge in [0.15, 0.2) is 0 Å². The quantitative estimate of drug-likeness (QED) is 0.283. The van der Waals surface area contributed by atoms with Crippen LogP contribution >= 0.6 is 7.82 Å². The second-order valence-electron chi connectivity index (χ2n) is 0.447. The zero-order valence-corrected chi connectivity index (χ0v) is 4.84. The van der Waals surface area contributed by atoms with Crippen molar-refractivity contribution in [2.45, 2.75) is 0 Å². The van der Waals surface area contributed by atoms with Crippen molar-refractivity contribution in [3.63, 3.8) is 0 Å². The molecule has 0 atom stereocenters. The first-order valence-corrected chi connectivity index (χ1v) is 2.19. The number of hydrogen-bond donors (Lipinski definition) is 0. The Morgan fingerprint density at radius 1 is 1.14 bits per heavy atom. The van der Waals surface area contributed by atoms with Gasteiger partial charge in [0.05, 0.1) is 0 Å². The summed E-state index contributed by atoms with van der Waals surface area (Å²) in [4.78, 5) is 25.6. The largest absolute Gasteiger partial charge is 5.00 e. The first-order valence-electron chi connectivity index (χ1n) is 0.730. The Balaban J connectivity index is -0.0000000800. The number of rotatable bonds is 0. The molecule has 1 radical (unpaired) electrons. The number of phosphoric acid groups is 1. The second kappa shape index (κ2) is 4.74. The predicted octanol–water partition coefficient (Wildman–Crippen LogP) is -2.95. The maximum Gasteiger partial charge on any atom is 5.00 e. The maximum atomic E-state index is 8.55. The van der Waals surface area contributed by atoms with E-state index in [1.165, 1.54) is 0 Å². The van der Waals surface area contributed by atoms with Gasteiger partial charge in [0, 0.05) is 0 Å². The van der Waals surface area contributed by atoms with Crippen LogP contribution in [-0.4, -0.2) is 0 Å². The average molecular weight is 167 g/mol. The van der Waals surface area contributed by atoms with Gasteiger partial charge in [-0.25, -0.2) is 0 Å². The fourth-order valence-corrected chi connectivity index (χ4v) is 0. The van der Waals surface area contributed by atoms with Gasteiger partial charge in [0.2, 0.25) is 0 Å². The summed E-state index contributed by atoms with van der Waals surface area (Å²) in [5.41, 5.74) is 0. The van der Waals surface area contributed by atoms with Crippen molar-refractivity contribution in [2.24, 2.45) is 0 Å². The third-order valence-corrected chi connectivity index (χ3v) is 0. The van der Waals surface area contributed by atoms with E-state index in [4.69, 9.17) is 19.2 Å². The summed E-state index contributed by atoms with van der Waals surface area (Å²) in [6.45, 7) is 0. The second-order valence-corrected chi connectivity index (χ2v) is 1.34. The molecule has 0 aromatic heterocycles. The molecule has 0 aliphatic rings. The SMILES string of the molecule is O=P([O-])([O-])[O-].[Fe+5].[O-2]. The molecule has 0 bridgehead atoms. The molecule has 0 aliphatic heterocycles.